The molecule has 9 aromatic rings. The Morgan fingerprint density at radius 3 is 1.71 bits per heavy atom. The molecule has 210 valence electrons. The summed E-state index contributed by atoms with van der Waals surface area (Å²) >= 11 is 0. The van der Waals surface area contributed by atoms with Gasteiger partial charge in [-0.1, -0.05) is 121 Å². The van der Waals surface area contributed by atoms with Gasteiger partial charge in [0.2, 0.25) is 0 Å². The molecule has 45 heavy (non-hydrogen) atoms. The summed E-state index contributed by atoms with van der Waals surface area (Å²) in [6.45, 7) is 0. The van der Waals surface area contributed by atoms with Crippen LogP contribution in [-0.4, -0.2) is 15.0 Å². The highest BCUT2D eigenvalue weighted by molar-refractivity contribution is 6.15. The van der Waals surface area contributed by atoms with Crippen molar-refractivity contribution in [2.75, 3.05) is 0 Å². The van der Waals surface area contributed by atoms with Crippen LogP contribution in [0.2, 0.25) is 0 Å². The molecule has 0 aliphatic heterocycles. The van der Waals surface area contributed by atoms with Crippen molar-refractivity contribution in [1.29, 1.82) is 0 Å². The predicted molar refractivity (Wildman–Crippen MR) is 184 cm³/mol. The number of hydrogen-bond acceptors (Lipinski definition) is 4. The summed E-state index contributed by atoms with van der Waals surface area (Å²) in [6.07, 6.45) is 0. The third-order valence-corrected chi connectivity index (χ3v) is 8.51. The summed E-state index contributed by atoms with van der Waals surface area (Å²) < 4.78 is 6.36. The summed E-state index contributed by atoms with van der Waals surface area (Å²) in [5.74, 6) is 1.89. The lowest BCUT2D eigenvalue weighted by atomic mass is 10.00. The summed E-state index contributed by atoms with van der Waals surface area (Å²) in [7, 11) is 0. The molecular formula is C41H25N3O. The van der Waals surface area contributed by atoms with E-state index in [2.05, 4.69) is 103 Å². The second-order valence-electron chi connectivity index (χ2n) is 11.3. The van der Waals surface area contributed by atoms with E-state index in [1.54, 1.807) is 0 Å². The van der Waals surface area contributed by atoms with Crippen molar-refractivity contribution in [3.05, 3.63) is 152 Å². The topological polar surface area (TPSA) is 51.8 Å². The minimum atomic E-state index is 0.620. The third-order valence-electron chi connectivity index (χ3n) is 8.51. The van der Waals surface area contributed by atoms with E-state index in [-0.39, 0.29) is 0 Å². The summed E-state index contributed by atoms with van der Waals surface area (Å²) in [5, 5.41) is 6.84. The first kappa shape index (κ1) is 25.4. The van der Waals surface area contributed by atoms with E-state index in [1.807, 2.05) is 48.5 Å². The highest BCUT2D eigenvalue weighted by atomic mass is 16.3. The molecule has 7 aromatic carbocycles. The molecule has 4 nitrogen and oxygen atoms in total. The lowest BCUT2D eigenvalue weighted by molar-refractivity contribution is 0.672. The van der Waals surface area contributed by atoms with Crippen LogP contribution in [0.4, 0.5) is 0 Å². The minimum absolute atomic E-state index is 0.620. The van der Waals surface area contributed by atoms with Gasteiger partial charge in [0.15, 0.2) is 17.5 Å². The van der Waals surface area contributed by atoms with Crippen LogP contribution < -0.4 is 0 Å². The fourth-order valence-corrected chi connectivity index (χ4v) is 6.17. The molecule has 0 aliphatic carbocycles. The van der Waals surface area contributed by atoms with Crippen LogP contribution in [0.3, 0.4) is 0 Å². The van der Waals surface area contributed by atoms with Gasteiger partial charge in [-0.25, -0.2) is 15.0 Å². The van der Waals surface area contributed by atoms with Gasteiger partial charge >= 0.3 is 0 Å². The SMILES string of the molecule is c1ccc(-c2nc(-c3ccc(-c4ccc5ccccc5c4)cc3)nc(-c3ccc4oc5c6ccccc6ccc5c4c3)n2)cc1. The van der Waals surface area contributed by atoms with E-state index in [9.17, 15) is 0 Å². The Bertz CT molecular complexity index is 2530. The van der Waals surface area contributed by atoms with E-state index in [1.165, 1.54) is 16.3 Å². The number of hydrogen-bond donors (Lipinski definition) is 0. The average Bonchev–Trinajstić information content (AvgIpc) is 3.50. The van der Waals surface area contributed by atoms with Crippen molar-refractivity contribution in [3.63, 3.8) is 0 Å². The maximum Gasteiger partial charge on any atom is 0.164 e. The van der Waals surface area contributed by atoms with Crippen LogP contribution >= 0.6 is 0 Å². The van der Waals surface area contributed by atoms with Crippen molar-refractivity contribution in [2.24, 2.45) is 0 Å². The van der Waals surface area contributed by atoms with Gasteiger partial charge in [-0.05, 0) is 57.6 Å². The maximum atomic E-state index is 6.36. The van der Waals surface area contributed by atoms with Crippen LogP contribution in [0, 0.1) is 0 Å². The molecule has 0 unspecified atom stereocenters. The van der Waals surface area contributed by atoms with Crippen molar-refractivity contribution in [2.45, 2.75) is 0 Å². The minimum Gasteiger partial charge on any atom is -0.455 e. The molecule has 9 rings (SSSR count). The second kappa shape index (κ2) is 10.2. The molecule has 4 heteroatoms. The molecule has 0 amide bonds. The Morgan fingerprint density at radius 2 is 0.911 bits per heavy atom. The number of benzene rings is 7. The highest BCUT2D eigenvalue weighted by Gasteiger charge is 2.16. The first-order valence-electron chi connectivity index (χ1n) is 15.0. The second-order valence-corrected chi connectivity index (χ2v) is 11.3. The molecule has 0 radical (unpaired) electrons. The number of nitrogens with zero attached hydrogens (tertiary/aromatic N) is 3. The largest absolute Gasteiger partial charge is 0.455 e. The lowest BCUT2D eigenvalue weighted by Crippen LogP contribution is -2.00. The fourth-order valence-electron chi connectivity index (χ4n) is 6.17. The van der Waals surface area contributed by atoms with Crippen molar-refractivity contribution in [3.8, 4) is 45.3 Å². The maximum absolute atomic E-state index is 6.36. The van der Waals surface area contributed by atoms with Gasteiger partial charge in [0, 0.05) is 32.8 Å². The predicted octanol–water partition coefficient (Wildman–Crippen LogP) is 10.7. The summed E-state index contributed by atoms with van der Waals surface area (Å²) in [6, 6.07) is 52.3. The number of rotatable bonds is 4. The molecule has 0 N–H and O–H groups in total. The van der Waals surface area contributed by atoms with Crippen LogP contribution in [0.25, 0.3) is 88.8 Å². The fraction of sp³-hybridized carbons (Fsp3) is 0. The normalized spacial score (nSPS) is 11.6. The van der Waals surface area contributed by atoms with Crippen LogP contribution in [0.15, 0.2) is 156 Å². The van der Waals surface area contributed by atoms with Gasteiger partial charge < -0.3 is 4.42 Å². The monoisotopic (exact) mass is 575 g/mol. The van der Waals surface area contributed by atoms with Crippen molar-refractivity contribution in [1.82, 2.24) is 15.0 Å². The third kappa shape index (κ3) is 4.43. The highest BCUT2D eigenvalue weighted by Crippen LogP contribution is 2.36. The standard InChI is InChI=1S/C41H25N3O/c1-2-10-29(11-3-1)39-42-40(30-17-14-27(15-18-30)32-19-16-26-8-4-5-12-31(26)24-32)44-41(43-39)33-21-23-37-36(25-33)35-22-20-28-9-6-7-13-34(28)38(35)45-37/h1-25H. The summed E-state index contributed by atoms with van der Waals surface area (Å²) in [4.78, 5) is 14.9. The van der Waals surface area contributed by atoms with Gasteiger partial charge in [-0.15, -0.1) is 0 Å². The molecule has 0 spiro atoms. The van der Waals surface area contributed by atoms with E-state index >= 15 is 0 Å². The molecule has 0 atom stereocenters. The zero-order chi connectivity index (χ0) is 29.7. The Morgan fingerprint density at radius 1 is 0.333 bits per heavy atom. The van der Waals surface area contributed by atoms with E-state index in [4.69, 9.17) is 19.4 Å². The quantitative estimate of drug-likeness (QED) is 0.209. The first-order valence-corrected chi connectivity index (χ1v) is 15.0. The van der Waals surface area contributed by atoms with Gasteiger partial charge in [-0.2, -0.15) is 0 Å². The van der Waals surface area contributed by atoms with Gasteiger partial charge in [0.25, 0.3) is 0 Å². The zero-order valence-electron chi connectivity index (χ0n) is 24.2. The first-order chi connectivity index (χ1) is 22.3. The Labute approximate surface area is 259 Å². The van der Waals surface area contributed by atoms with Gasteiger partial charge in [-0.3, -0.25) is 0 Å². The van der Waals surface area contributed by atoms with Gasteiger partial charge in [0.05, 0.1) is 0 Å². The van der Waals surface area contributed by atoms with Crippen LogP contribution in [0.5, 0.6) is 0 Å². The molecule has 0 saturated heterocycles. The van der Waals surface area contributed by atoms with Crippen LogP contribution in [0.1, 0.15) is 0 Å². The van der Waals surface area contributed by atoms with Crippen molar-refractivity contribution < 1.29 is 4.42 Å². The Hall–Kier alpha value is -6.13. The molecule has 0 aliphatic rings. The van der Waals surface area contributed by atoms with Crippen molar-refractivity contribution >= 4 is 43.5 Å². The number of fused-ring (bicyclic) bond motifs is 6. The molecular weight excluding hydrogens is 550 g/mol. The average molecular weight is 576 g/mol. The molecule has 2 heterocycles. The van der Waals surface area contributed by atoms with Crippen LogP contribution in [-0.2, 0) is 0 Å². The van der Waals surface area contributed by atoms with E-state index in [0.717, 1.165) is 55.0 Å². The smallest absolute Gasteiger partial charge is 0.164 e. The van der Waals surface area contributed by atoms with E-state index in [0.29, 0.717) is 17.5 Å². The summed E-state index contributed by atoms with van der Waals surface area (Å²) in [5.41, 5.74) is 6.84. The Kier molecular flexibility index (Phi) is 5.78. The van der Waals surface area contributed by atoms with E-state index < -0.39 is 0 Å². The molecule has 0 fully saturated rings. The zero-order valence-corrected chi connectivity index (χ0v) is 24.2. The molecule has 0 saturated carbocycles. The Balaban J connectivity index is 1.16. The molecule has 2 aromatic heterocycles. The number of furan rings is 1. The van der Waals surface area contributed by atoms with Gasteiger partial charge in [0.1, 0.15) is 11.2 Å². The molecule has 0 bridgehead atoms. The number of aromatic nitrogens is 3. The lowest BCUT2D eigenvalue weighted by Gasteiger charge is -2.09.